The van der Waals surface area contributed by atoms with Crippen molar-refractivity contribution >= 4 is 37.2 Å². The maximum atomic E-state index is 3.50. The van der Waals surface area contributed by atoms with Crippen LogP contribution >= 0.6 is 37.2 Å². The summed E-state index contributed by atoms with van der Waals surface area (Å²) >= 11 is 0. The molecule has 0 amide bonds. The fraction of sp³-hybridized carbons (Fsp3) is 0.684. The Morgan fingerprint density at radius 3 is 2.16 bits per heavy atom. The molecule has 0 atom stereocenters. The van der Waals surface area contributed by atoms with Crippen LogP contribution in [-0.2, 0) is 6.54 Å². The van der Waals surface area contributed by atoms with Gasteiger partial charge < -0.3 is 10.2 Å². The van der Waals surface area contributed by atoms with E-state index in [4.69, 9.17) is 0 Å². The number of piperidine rings is 1. The first-order chi connectivity index (χ1) is 10.8. The van der Waals surface area contributed by atoms with E-state index in [1.54, 1.807) is 11.1 Å². The topological polar surface area (TPSA) is 18.5 Å². The van der Waals surface area contributed by atoms with Crippen LogP contribution in [0.1, 0.15) is 42.4 Å². The highest BCUT2D eigenvalue weighted by atomic mass is 35.5. The molecule has 6 heteroatoms. The molecule has 25 heavy (non-hydrogen) atoms. The van der Waals surface area contributed by atoms with Crippen LogP contribution in [0.5, 0.6) is 0 Å². The molecular formula is C19H34Cl3N3. The SMILES string of the molecule is CCN1CCN(Cc2ccc(C)cc2C2CCNCC2)CC1.Cl.Cl.Cl. The molecule has 0 aromatic heterocycles. The van der Waals surface area contributed by atoms with Gasteiger partial charge in [-0.05, 0) is 56.4 Å². The summed E-state index contributed by atoms with van der Waals surface area (Å²) in [5.41, 5.74) is 4.61. The maximum Gasteiger partial charge on any atom is 0.0237 e. The summed E-state index contributed by atoms with van der Waals surface area (Å²) < 4.78 is 0. The largest absolute Gasteiger partial charge is 0.317 e. The lowest BCUT2D eigenvalue weighted by atomic mass is 9.86. The van der Waals surface area contributed by atoms with Crippen molar-refractivity contribution in [2.45, 2.75) is 39.2 Å². The third-order valence-electron chi connectivity index (χ3n) is 5.39. The molecule has 1 N–H and O–H groups in total. The molecule has 3 nitrogen and oxygen atoms in total. The number of likely N-dealkylation sites (N-methyl/N-ethyl adjacent to an activating group) is 1. The van der Waals surface area contributed by atoms with Gasteiger partial charge in [0.2, 0.25) is 0 Å². The van der Waals surface area contributed by atoms with Crippen LogP contribution in [0.2, 0.25) is 0 Å². The predicted octanol–water partition coefficient (Wildman–Crippen LogP) is 3.86. The molecule has 2 fully saturated rings. The first kappa shape index (κ1) is 25.0. The van der Waals surface area contributed by atoms with Crippen molar-refractivity contribution in [1.29, 1.82) is 0 Å². The van der Waals surface area contributed by atoms with Crippen molar-refractivity contribution in [2.24, 2.45) is 0 Å². The van der Waals surface area contributed by atoms with E-state index in [0.29, 0.717) is 0 Å². The molecule has 2 aliphatic heterocycles. The summed E-state index contributed by atoms with van der Waals surface area (Å²) in [5, 5.41) is 3.50. The Hall–Kier alpha value is -0.0300. The Morgan fingerprint density at radius 2 is 1.56 bits per heavy atom. The number of hydrogen-bond acceptors (Lipinski definition) is 3. The second-order valence-corrected chi connectivity index (χ2v) is 6.94. The smallest absolute Gasteiger partial charge is 0.0237 e. The van der Waals surface area contributed by atoms with Gasteiger partial charge in [-0.3, -0.25) is 4.90 Å². The second kappa shape index (κ2) is 12.4. The lowest BCUT2D eigenvalue weighted by Gasteiger charge is -2.35. The Kier molecular flexibility index (Phi) is 12.4. The van der Waals surface area contributed by atoms with Crippen molar-refractivity contribution in [3.63, 3.8) is 0 Å². The van der Waals surface area contributed by atoms with Gasteiger partial charge in [-0.25, -0.2) is 0 Å². The summed E-state index contributed by atoms with van der Waals surface area (Å²) in [6.07, 6.45) is 2.58. The Balaban J connectivity index is 0.00000192. The number of rotatable bonds is 4. The van der Waals surface area contributed by atoms with Crippen molar-refractivity contribution < 1.29 is 0 Å². The standard InChI is InChI=1S/C19H31N3.3ClH/c1-3-21-10-12-22(13-11-21)15-18-5-4-16(2)14-19(18)17-6-8-20-9-7-17;;;/h4-5,14,17,20H,3,6-13,15H2,1-2H3;3*1H. The molecule has 0 bridgehead atoms. The number of nitrogens with one attached hydrogen (secondary N) is 1. The van der Waals surface area contributed by atoms with Gasteiger partial charge in [0.15, 0.2) is 0 Å². The molecule has 2 heterocycles. The van der Waals surface area contributed by atoms with Crippen LogP contribution in [0.15, 0.2) is 18.2 Å². The molecule has 146 valence electrons. The van der Waals surface area contributed by atoms with Crippen LogP contribution in [0, 0.1) is 6.92 Å². The van der Waals surface area contributed by atoms with Gasteiger partial charge in [-0.1, -0.05) is 30.7 Å². The van der Waals surface area contributed by atoms with Crippen LogP contribution < -0.4 is 5.32 Å². The molecule has 2 saturated heterocycles. The minimum Gasteiger partial charge on any atom is -0.317 e. The van der Waals surface area contributed by atoms with Crippen molar-refractivity contribution in [2.75, 3.05) is 45.8 Å². The Labute approximate surface area is 172 Å². The Morgan fingerprint density at radius 1 is 0.960 bits per heavy atom. The highest BCUT2D eigenvalue weighted by Gasteiger charge is 2.21. The number of benzene rings is 1. The Bertz CT molecular complexity index is 485. The third-order valence-corrected chi connectivity index (χ3v) is 5.39. The van der Waals surface area contributed by atoms with Gasteiger partial charge >= 0.3 is 0 Å². The molecule has 1 aromatic rings. The van der Waals surface area contributed by atoms with Crippen LogP contribution in [0.25, 0.3) is 0 Å². The monoisotopic (exact) mass is 409 g/mol. The quantitative estimate of drug-likeness (QED) is 0.813. The van der Waals surface area contributed by atoms with E-state index < -0.39 is 0 Å². The molecule has 0 saturated carbocycles. The number of hydrogen-bond donors (Lipinski definition) is 1. The van der Waals surface area contributed by atoms with E-state index in [1.165, 1.54) is 64.2 Å². The van der Waals surface area contributed by atoms with Crippen LogP contribution in [0.4, 0.5) is 0 Å². The van der Waals surface area contributed by atoms with Gasteiger partial charge in [-0.2, -0.15) is 0 Å². The first-order valence-corrected chi connectivity index (χ1v) is 9.01. The van der Waals surface area contributed by atoms with Crippen LogP contribution in [-0.4, -0.2) is 55.6 Å². The highest BCUT2D eigenvalue weighted by Crippen LogP contribution is 2.30. The van der Waals surface area contributed by atoms with Gasteiger partial charge in [-0.15, -0.1) is 37.2 Å². The molecule has 1 aromatic carbocycles. The number of nitrogens with zero attached hydrogens (tertiary/aromatic N) is 2. The number of piperazine rings is 1. The number of halogens is 3. The normalized spacial score (nSPS) is 19.4. The molecule has 2 aliphatic rings. The maximum absolute atomic E-state index is 3.50. The lowest BCUT2D eigenvalue weighted by molar-refractivity contribution is 0.131. The molecule has 0 unspecified atom stereocenters. The molecule has 0 radical (unpaired) electrons. The zero-order valence-corrected chi connectivity index (χ0v) is 17.9. The third kappa shape index (κ3) is 6.89. The summed E-state index contributed by atoms with van der Waals surface area (Å²) in [7, 11) is 0. The van der Waals surface area contributed by atoms with Crippen molar-refractivity contribution in [3.8, 4) is 0 Å². The summed E-state index contributed by atoms with van der Waals surface area (Å²) in [6, 6.07) is 7.13. The predicted molar refractivity (Wildman–Crippen MR) is 115 cm³/mol. The fourth-order valence-corrected chi connectivity index (χ4v) is 3.88. The summed E-state index contributed by atoms with van der Waals surface area (Å²) in [6.45, 7) is 14.1. The van der Waals surface area contributed by atoms with E-state index in [-0.39, 0.29) is 37.2 Å². The fourth-order valence-electron chi connectivity index (χ4n) is 3.88. The van der Waals surface area contributed by atoms with Gasteiger partial charge in [0.25, 0.3) is 0 Å². The van der Waals surface area contributed by atoms with Gasteiger partial charge in [0, 0.05) is 32.7 Å². The summed E-state index contributed by atoms with van der Waals surface area (Å²) in [4.78, 5) is 5.20. The average molecular weight is 411 g/mol. The van der Waals surface area contributed by atoms with Crippen molar-refractivity contribution in [1.82, 2.24) is 15.1 Å². The van der Waals surface area contributed by atoms with E-state index in [1.807, 2.05) is 0 Å². The minimum absolute atomic E-state index is 0. The molecule has 3 rings (SSSR count). The van der Waals surface area contributed by atoms with Gasteiger partial charge in [0.05, 0.1) is 0 Å². The molecule has 0 spiro atoms. The van der Waals surface area contributed by atoms with E-state index in [2.05, 4.69) is 47.2 Å². The molecule has 0 aliphatic carbocycles. The van der Waals surface area contributed by atoms with Crippen LogP contribution in [0.3, 0.4) is 0 Å². The summed E-state index contributed by atoms with van der Waals surface area (Å²) in [5.74, 6) is 0.757. The highest BCUT2D eigenvalue weighted by molar-refractivity contribution is 5.86. The zero-order valence-electron chi connectivity index (χ0n) is 15.5. The van der Waals surface area contributed by atoms with E-state index >= 15 is 0 Å². The van der Waals surface area contributed by atoms with Crippen molar-refractivity contribution in [3.05, 3.63) is 34.9 Å². The number of aryl methyl sites for hydroxylation is 1. The zero-order chi connectivity index (χ0) is 15.4. The van der Waals surface area contributed by atoms with Gasteiger partial charge in [0.1, 0.15) is 0 Å². The lowest BCUT2D eigenvalue weighted by Crippen LogP contribution is -2.45. The van der Waals surface area contributed by atoms with E-state index in [0.717, 1.165) is 12.5 Å². The average Bonchev–Trinajstić information content (AvgIpc) is 2.58. The second-order valence-electron chi connectivity index (χ2n) is 6.94. The molecular weight excluding hydrogens is 377 g/mol. The minimum atomic E-state index is 0. The first-order valence-electron chi connectivity index (χ1n) is 9.01. The van der Waals surface area contributed by atoms with E-state index in [9.17, 15) is 0 Å².